The van der Waals surface area contributed by atoms with Gasteiger partial charge in [0.05, 0.1) is 6.61 Å². The van der Waals surface area contributed by atoms with E-state index >= 15 is 0 Å². The Bertz CT molecular complexity index is 654. The topological polar surface area (TPSA) is 9.23 Å². The first-order valence-electron chi connectivity index (χ1n) is 9.31. The maximum atomic E-state index is 6.28. The van der Waals surface area contributed by atoms with Crippen LogP contribution in [0.15, 0.2) is 41.3 Å². The van der Waals surface area contributed by atoms with E-state index in [-0.39, 0.29) is 10.9 Å². The van der Waals surface area contributed by atoms with E-state index in [0.29, 0.717) is 0 Å². The molecular formula is C21H28OS. The van der Waals surface area contributed by atoms with Crippen molar-refractivity contribution in [1.82, 2.24) is 0 Å². The minimum absolute atomic E-state index is 0.0706. The number of hydrogen-bond acceptors (Lipinski definition) is 1. The highest BCUT2D eigenvalue weighted by Crippen LogP contribution is 2.47. The minimum atomic E-state index is 0.0706. The molecule has 2 aromatic rings. The Kier molecular flexibility index (Phi) is 4.80. The lowest BCUT2D eigenvalue weighted by molar-refractivity contribution is 0.210. The first-order valence-corrected chi connectivity index (χ1v) is 11.0. The van der Waals surface area contributed by atoms with E-state index < -0.39 is 0 Å². The van der Waals surface area contributed by atoms with Gasteiger partial charge in [-0.1, -0.05) is 43.5 Å². The molecule has 4 rings (SSSR count). The normalized spacial score (nSPS) is 21.0. The van der Waals surface area contributed by atoms with Crippen LogP contribution in [0, 0.1) is 5.92 Å². The molecule has 0 spiro atoms. The van der Waals surface area contributed by atoms with Gasteiger partial charge in [-0.15, -0.1) is 0 Å². The van der Waals surface area contributed by atoms with E-state index in [4.69, 9.17) is 4.74 Å². The maximum Gasteiger partial charge on any atom is 0.127 e. The summed E-state index contributed by atoms with van der Waals surface area (Å²) in [7, 11) is 0.0706. The van der Waals surface area contributed by atoms with Crippen LogP contribution in [0.3, 0.4) is 0 Å². The quantitative estimate of drug-likeness (QED) is 0.682. The number of hydrogen-bond donors (Lipinski definition) is 1. The van der Waals surface area contributed by atoms with Gasteiger partial charge in [0.1, 0.15) is 5.75 Å². The van der Waals surface area contributed by atoms with Crippen LogP contribution in [-0.4, -0.2) is 18.1 Å². The van der Waals surface area contributed by atoms with Gasteiger partial charge < -0.3 is 4.74 Å². The third kappa shape index (κ3) is 3.38. The summed E-state index contributed by atoms with van der Waals surface area (Å²) in [5.74, 6) is 4.70. The van der Waals surface area contributed by atoms with E-state index in [1.807, 2.05) is 0 Å². The summed E-state index contributed by atoms with van der Waals surface area (Å²) in [6.45, 7) is 0.901. The smallest absolute Gasteiger partial charge is 0.127 e. The largest absolute Gasteiger partial charge is 0.493 e. The van der Waals surface area contributed by atoms with Crippen LogP contribution in [0.5, 0.6) is 5.75 Å². The van der Waals surface area contributed by atoms with Crippen LogP contribution in [-0.2, 0) is 0 Å². The Morgan fingerprint density at radius 2 is 1.57 bits per heavy atom. The van der Waals surface area contributed by atoms with Crippen molar-refractivity contribution >= 4 is 21.7 Å². The maximum absolute atomic E-state index is 6.28. The first-order chi connectivity index (χ1) is 11.4. The lowest BCUT2D eigenvalue weighted by Gasteiger charge is -2.23. The summed E-state index contributed by atoms with van der Waals surface area (Å²) in [5.41, 5.74) is 0. The fourth-order valence-electron chi connectivity index (χ4n) is 4.18. The number of ether oxygens (including phenoxy) is 1. The molecule has 1 aliphatic carbocycles. The van der Waals surface area contributed by atoms with E-state index in [9.17, 15) is 0 Å². The molecule has 2 fully saturated rings. The number of benzene rings is 2. The second-order valence-corrected chi connectivity index (χ2v) is 9.59. The first kappa shape index (κ1) is 15.4. The number of fused-ring (bicyclic) bond motifs is 1. The molecule has 0 amide bonds. The zero-order chi connectivity index (χ0) is 15.5. The lowest BCUT2D eigenvalue weighted by atomic mass is 9.90. The second-order valence-electron chi connectivity index (χ2n) is 7.14. The van der Waals surface area contributed by atoms with Crippen LogP contribution in [0.25, 0.3) is 10.8 Å². The van der Waals surface area contributed by atoms with Crippen LogP contribution in [0.1, 0.15) is 44.9 Å². The van der Waals surface area contributed by atoms with Gasteiger partial charge >= 0.3 is 0 Å². The molecule has 2 heteroatoms. The highest BCUT2D eigenvalue weighted by molar-refractivity contribution is 8.17. The number of thiol groups is 1. The number of rotatable bonds is 4. The fraction of sp³-hybridized carbons (Fsp3) is 0.524. The third-order valence-corrected chi connectivity index (χ3v) is 8.29. The van der Waals surface area contributed by atoms with Crippen molar-refractivity contribution in [3.8, 4) is 5.75 Å². The van der Waals surface area contributed by atoms with Crippen molar-refractivity contribution in [3.63, 3.8) is 0 Å². The van der Waals surface area contributed by atoms with E-state index in [1.165, 1.54) is 67.2 Å². The van der Waals surface area contributed by atoms with E-state index in [0.717, 1.165) is 18.3 Å². The molecule has 0 N–H and O–H groups in total. The summed E-state index contributed by atoms with van der Waals surface area (Å²) in [6, 6.07) is 13.5. The van der Waals surface area contributed by atoms with Crippen molar-refractivity contribution in [2.45, 2.75) is 49.8 Å². The summed E-state index contributed by atoms with van der Waals surface area (Å²) in [4.78, 5) is 1.61. The molecule has 1 heterocycles. The summed E-state index contributed by atoms with van der Waals surface area (Å²) < 4.78 is 6.28. The molecular weight excluding hydrogens is 300 g/mol. The molecule has 1 aliphatic heterocycles. The molecule has 1 saturated heterocycles. The van der Waals surface area contributed by atoms with E-state index in [1.54, 1.807) is 4.90 Å². The predicted octanol–water partition coefficient (Wildman–Crippen LogP) is 5.95. The SMILES string of the molecule is c1ccc2c([SH]3CCCC3)ccc(OCC3CCCCC3)c2c1. The molecule has 1 saturated carbocycles. The van der Waals surface area contributed by atoms with Gasteiger partial charge in [0, 0.05) is 5.39 Å². The second kappa shape index (κ2) is 7.17. The monoisotopic (exact) mass is 328 g/mol. The molecule has 0 bridgehead atoms. The molecule has 0 atom stereocenters. The fourth-order valence-corrected chi connectivity index (χ4v) is 6.91. The van der Waals surface area contributed by atoms with Gasteiger partial charge in [-0.2, -0.15) is 0 Å². The summed E-state index contributed by atoms with van der Waals surface area (Å²) in [6.07, 6.45) is 9.72. The van der Waals surface area contributed by atoms with Crippen LogP contribution in [0.2, 0.25) is 0 Å². The zero-order valence-electron chi connectivity index (χ0n) is 14.0. The third-order valence-electron chi connectivity index (χ3n) is 5.51. The van der Waals surface area contributed by atoms with Gasteiger partial charge in [0.25, 0.3) is 0 Å². The highest BCUT2D eigenvalue weighted by Gasteiger charge is 2.18. The molecule has 1 nitrogen and oxygen atoms in total. The zero-order valence-corrected chi connectivity index (χ0v) is 14.9. The Morgan fingerprint density at radius 3 is 2.35 bits per heavy atom. The molecule has 0 aromatic heterocycles. The Labute approximate surface area is 142 Å². The van der Waals surface area contributed by atoms with Crippen LogP contribution in [0.4, 0.5) is 0 Å². The highest BCUT2D eigenvalue weighted by atomic mass is 32.2. The minimum Gasteiger partial charge on any atom is -0.493 e. The van der Waals surface area contributed by atoms with Crippen molar-refractivity contribution in [1.29, 1.82) is 0 Å². The molecule has 2 aliphatic rings. The molecule has 124 valence electrons. The van der Waals surface area contributed by atoms with Gasteiger partial charge in [-0.3, -0.25) is 0 Å². The van der Waals surface area contributed by atoms with Crippen LogP contribution < -0.4 is 4.74 Å². The van der Waals surface area contributed by atoms with Crippen molar-refractivity contribution < 1.29 is 4.74 Å². The average Bonchev–Trinajstić information content (AvgIpc) is 3.15. The van der Waals surface area contributed by atoms with Gasteiger partial charge in [-0.05, 0) is 65.5 Å². The molecule has 0 unspecified atom stereocenters. The van der Waals surface area contributed by atoms with Gasteiger partial charge in [0.15, 0.2) is 0 Å². The Balaban J connectivity index is 1.58. The van der Waals surface area contributed by atoms with E-state index in [2.05, 4.69) is 36.4 Å². The lowest BCUT2D eigenvalue weighted by Crippen LogP contribution is -2.15. The molecule has 2 aromatic carbocycles. The van der Waals surface area contributed by atoms with Crippen molar-refractivity contribution in [2.75, 3.05) is 18.1 Å². The standard InChI is InChI=1S/C21H28OS/c1-2-8-17(9-3-1)16-22-20-12-13-21(23-14-6-7-15-23)19-11-5-4-10-18(19)20/h4-5,10-13,17,23H,1-3,6-9,14-16H2. The van der Waals surface area contributed by atoms with Crippen molar-refractivity contribution in [3.05, 3.63) is 36.4 Å². The Morgan fingerprint density at radius 1 is 0.826 bits per heavy atom. The molecule has 23 heavy (non-hydrogen) atoms. The summed E-state index contributed by atoms with van der Waals surface area (Å²) in [5, 5.41) is 2.77. The molecule has 0 radical (unpaired) electrons. The van der Waals surface area contributed by atoms with Gasteiger partial charge in [0.2, 0.25) is 0 Å². The average molecular weight is 329 g/mol. The Hall–Kier alpha value is -1.15. The van der Waals surface area contributed by atoms with Gasteiger partial charge in [-0.25, -0.2) is 10.9 Å². The van der Waals surface area contributed by atoms with Crippen LogP contribution >= 0.6 is 10.9 Å². The predicted molar refractivity (Wildman–Crippen MR) is 102 cm³/mol. The van der Waals surface area contributed by atoms with Crippen molar-refractivity contribution in [2.24, 2.45) is 5.92 Å². The summed E-state index contributed by atoms with van der Waals surface area (Å²) >= 11 is 0.